The number of rotatable bonds is 4. The molecular weight excluding hydrogens is 394 g/mol. The summed E-state index contributed by atoms with van der Waals surface area (Å²) >= 11 is 0. The number of anilines is 1. The van der Waals surface area contributed by atoms with E-state index in [-0.39, 0.29) is 16.7 Å². The van der Waals surface area contributed by atoms with E-state index in [9.17, 15) is 23.2 Å². The topological polar surface area (TPSA) is 86.0 Å². The maximum Gasteiger partial charge on any atom is 0.337 e. The zero-order valence-electron chi connectivity index (χ0n) is 15.4. The molecule has 0 unspecified atom stereocenters. The fraction of sp³-hybridized carbons (Fsp3) is 0.0476. The van der Waals surface area contributed by atoms with Crippen LogP contribution < -0.4 is 16.6 Å². The maximum atomic E-state index is 13.8. The van der Waals surface area contributed by atoms with E-state index in [2.05, 4.69) is 10.3 Å². The molecule has 150 valence electrons. The number of nitrogens with zero attached hydrogens (tertiary/aromatic N) is 3. The first-order valence-corrected chi connectivity index (χ1v) is 8.86. The normalized spacial score (nSPS) is 10.9. The van der Waals surface area contributed by atoms with Gasteiger partial charge in [0.15, 0.2) is 5.65 Å². The Morgan fingerprint density at radius 3 is 2.53 bits per heavy atom. The van der Waals surface area contributed by atoms with Gasteiger partial charge < -0.3 is 5.32 Å². The van der Waals surface area contributed by atoms with E-state index < -0.39 is 35.3 Å². The number of carbonyl (C=O) groups excluding carboxylic acids is 1. The summed E-state index contributed by atoms with van der Waals surface area (Å²) < 4.78 is 29.1. The van der Waals surface area contributed by atoms with Gasteiger partial charge >= 0.3 is 5.69 Å². The van der Waals surface area contributed by atoms with E-state index in [1.165, 1.54) is 22.9 Å². The molecule has 0 atom stereocenters. The zero-order chi connectivity index (χ0) is 21.3. The van der Waals surface area contributed by atoms with Crippen molar-refractivity contribution in [1.29, 1.82) is 0 Å². The van der Waals surface area contributed by atoms with Crippen molar-refractivity contribution in [3.8, 4) is 5.69 Å². The number of aromatic nitrogens is 3. The second-order valence-electron chi connectivity index (χ2n) is 6.39. The molecule has 4 aromatic rings. The number of fused-ring (bicyclic) bond motifs is 1. The predicted octanol–water partition coefficient (Wildman–Crippen LogP) is 2.46. The lowest BCUT2D eigenvalue weighted by Crippen LogP contribution is -2.42. The van der Waals surface area contributed by atoms with Crippen LogP contribution in [0.5, 0.6) is 0 Å². The Balaban J connectivity index is 1.81. The summed E-state index contributed by atoms with van der Waals surface area (Å²) in [5, 5.41) is 2.31. The van der Waals surface area contributed by atoms with E-state index in [4.69, 9.17) is 0 Å². The van der Waals surface area contributed by atoms with Crippen molar-refractivity contribution in [2.24, 2.45) is 0 Å². The molecule has 9 heteroatoms. The van der Waals surface area contributed by atoms with Crippen LogP contribution in [0.1, 0.15) is 0 Å². The molecule has 1 amide bonds. The molecule has 0 aliphatic rings. The van der Waals surface area contributed by atoms with Crippen molar-refractivity contribution in [3.05, 3.63) is 99.3 Å². The van der Waals surface area contributed by atoms with Crippen molar-refractivity contribution in [1.82, 2.24) is 14.1 Å². The average molecular weight is 408 g/mol. The third-order valence-corrected chi connectivity index (χ3v) is 4.41. The highest BCUT2D eigenvalue weighted by Gasteiger charge is 2.18. The Morgan fingerprint density at radius 1 is 1.00 bits per heavy atom. The zero-order valence-corrected chi connectivity index (χ0v) is 15.4. The van der Waals surface area contributed by atoms with Crippen molar-refractivity contribution in [3.63, 3.8) is 0 Å². The van der Waals surface area contributed by atoms with Crippen LogP contribution in [-0.4, -0.2) is 20.0 Å². The molecule has 0 saturated carbocycles. The molecule has 1 N–H and O–H groups in total. The molecule has 0 aliphatic carbocycles. The smallest absolute Gasteiger partial charge is 0.322 e. The van der Waals surface area contributed by atoms with Crippen molar-refractivity contribution < 1.29 is 13.6 Å². The summed E-state index contributed by atoms with van der Waals surface area (Å²) in [6.45, 7) is -0.689. The first-order chi connectivity index (χ1) is 14.5. The average Bonchev–Trinajstić information content (AvgIpc) is 2.75. The summed E-state index contributed by atoms with van der Waals surface area (Å²) in [5.74, 6) is -2.45. The molecular formula is C21H14F2N4O3. The van der Waals surface area contributed by atoms with Gasteiger partial charge in [0.2, 0.25) is 5.91 Å². The van der Waals surface area contributed by atoms with Crippen LogP contribution in [-0.2, 0) is 11.3 Å². The molecule has 30 heavy (non-hydrogen) atoms. The first-order valence-electron chi connectivity index (χ1n) is 8.86. The second-order valence-corrected chi connectivity index (χ2v) is 6.39. The van der Waals surface area contributed by atoms with Gasteiger partial charge in [0.25, 0.3) is 5.56 Å². The van der Waals surface area contributed by atoms with E-state index >= 15 is 0 Å². The molecule has 7 nitrogen and oxygen atoms in total. The fourth-order valence-electron chi connectivity index (χ4n) is 3.06. The third-order valence-electron chi connectivity index (χ3n) is 4.41. The molecule has 2 aromatic heterocycles. The van der Waals surface area contributed by atoms with E-state index in [0.29, 0.717) is 5.69 Å². The molecule has 4 rings (SSSR count). The Morgan fingerprint density at radius 2 is 1.77 bits per heavy atom. The number of hydrogen-bond donors (Lipinski definition) is 1. The van der Waals surface area contributed by atoms with E-state index in [0.717, 1.165) is 22.8 Å². The molecule has 0 bridgehead atoms. The van der Waals surface area contributed by atoms with Gasteiger partial charge in [-0.1, -0.05) is 18.2 Å². The molecule has 0 fully saturated rings. The summed E-state index contributed by atoms with van der Waals surface area (Å²) in [6, 6.07) is 14.1. The number of hydrogen-bond acceptors (Lipinski definition) is 4. The van der Waals surface area contributed by atoms with Gasteiger partial charge in [-0.3, -0.25) is 9.59 Å². The van der Waals surface area contributed by atoms with E-state index in [1.807, 2.05) is 0 Å². The van der Waals surface area contributed by atoms with Crippen molar-refractivity contribution in [2.75, 3.05) is 5.32 Å². The van der Waals surface area contributed by atoms with Gasteiger partial charge in [-0.05, 0) is 36.4 Å². The Kier molecular flexibility index (Phi) is 4.93. The number of halogens is 2. The number of amides is 1. The third kappa shape index (κ3) is 3.48. The molecule has 0 aliphatic heterocycles. The van der Waals surface area contributed by atoms with Crippen LogP contribution in [0.3, 0.4) is 0 Å². The second kappa shape index (κ2) is 7.70. The Bertz CT molecular complexity index is 1380. The minimum absolute atomic E-state index is 0.130. The highest BCUT2D eigenvalue weighted by molar-refractivity contribution is 5.90. The van der Waals surface area contributed by atoms with Gasteiger partial charge in [0.1, 0.15) is 18.2 Å². The number of carbonyl (C=O) groups is 1. The summed E-state index contributed by atoms with van der Waals surface area (Å²) in [6.07, 6.45) is 1.45. The SMILES string of the molecule is O=C(Cn1c(=O)c2cccnc2n(-c2ccccc2)c1=O)Nc1cc(F)ccc1F. The van der Waals surface area contributed by atoms with Crippen LogP contribution in [0.25, 0.3) is 16.7 Å². The lowest BCUT2D eigenvalue weighted by atomic mass is 10.2. The molecule has 2 aromatic carbocycles. The number of benzene rings is 2. The molecule has 0 saturated heterocycles. The largest absolute Gasteiger partial charge is 0.337 e. The highest BCUT2D eigenvalue weighted by Crippen LogP contribution is 2.15. The summed E-state index contributed by atoms with van der Waals surface area (Å²) in [7, 11) is 0. The molecule has 0 radical (unpaired) electrons. The fourth-order valence-corrected chi connectivity index (χ4v) is 3.06. The van der Waals surface area contributed by atoms with E-state index in [1.54, 1.807) is 30.3 Å². The monoisotopic (exact) mass is 408 g/mol. The number of pyridine rings is 1. The Hall–Kier alpha value is -4.14. The van der Waals surface area contributed by atoms with Gasteiger partial charge in [-0.2, -0.15) is 0 Å². The Labute approximate surface area is 167 Å². The van der Waals surface area contributed by atoms with Gasteiger partial charge in [-0.15, -0.1) is 0 Å². The van der Waals surface area contributed by atoms with Crippen molar-refractivity contribution >= 4 is 22.6 Å². The lowest BCUT2D eigenvalue weighted by molar-refractivity contribution is -0.116. The van der Waals surface area contributed by atoms with Crippen LogP contribution in [0.2, 0.25) is 0 Å². The quantitative estimate of drug-likeness (QED) is 0.562. The maximum absolute atomic E-state index is 13.8. The van der Waals surface area contributed by atoms with Gasteiger partial charge in [-0.25, -0.2) is 27.7 Å². The number of para-hydroxylation sites is 1. The highest BCUT2D eigenvalue weighted by atomic mass is 19.1. The van der Waals surface area contributed by atoms with Crippen LogP contribution in [0.15, 0.2) is 76.4 Å². The predicted molar refractivity (Wildman–Crippen MR) is 107 cm³/mol. The summed E-state index contributed by atoms with van der Waals surface area (Å²) in [4.78, 5) is 42.5. The minimum Gasteiger partial charge on any atom is -0.322 e. The summed E-state index contributed by atoms with van der Waals surface area (Å²) in [5.41, 5.74) is -1.29. The van der Waals surface area contributed by atoms with Gasteiger partial charge in [0, 0.05) is 12.3 Å². The van der Waals surface area contributed by atoms with Gasteiger partial charge in [0.05, 0.1) is 16.8 Å². The van der Waals surface area contributed by atoms with Crippen molar-refractivity contribution in [2.45, 2.75) is 6.54 Å². The van der Waals surface area contributed by atoms with Crippen LogP contribution in [0, 0.1) is 11.6 Å². The standard InChI is InChI=1S/C21H14F2N4O3/c22-13-8-9-16(23)17(11-13)25-18(28)12-26-20(29)15-7-4-10-24-19(15)27(21(26)30)14-5-2-1-3-6-14/h1-11H,12H2,(H,25,28). The first kappa shape index (κ1) is 19.2. The number of nitrogens with one attached hydrogen (secondary N) is 1. The lowest BCUT2D eigenvalue weighted by Gasteiger charge is -2.13. The van der Waals surface area contributed by atoms with Crippen LogP contribution >= 0.6 is 0 Å². The molecule has 2 heterocycles. The molecule has 0 spiro atoms. The minimum atomic E-state index is -0.860. The van der Waals surface area contributed by atoms with Crippen LogP contribution in [0.4, 0.5) is 14.5 Å².